The average Bonchev–Trinajstić information content (AvgIpc) is 3.44. The molecule has 9 heteroatoms. The number of carbonyl (C=O) groups is 1. The van der Waals surface area contributed by atoms with Gasteiger partial charge in [0.05, 0.1) is 32.0 Å². The highest BCUT2D eigenvalue weighted by Crippen LogP contribution is 2.41. The maximum atomic E-state index is 13.4. The summed E-state index contributed by atoms with van der Waals surface area (Å²) in [6.45, 7) is 9.09. The maximum Gasteiger partial charge on any atom is 0.338 e. The smallest absolute Gasteiger partial charge is 0.338 e. The quantitative estimate of drug-likeness (QED) is 0.0342. The van der Waals surface area contributed by atoms with E-state index in [1.165, 1.54) is 173 Å². The summed E-state index contributed by atoms with van der Waals surface area (Å²) in [6.07, 6.45) is 38.6. The number of rotatable bonds is 48. The lowest BCUT2D eigenvalue weighted by atomic mass is 10.1. The Balaban J connectivity index is 1.38. The zero-order chi connectivity index (χ0) is 53.1. The average molecular weight is 1040 g/mol. The van der Waals surface area contributed by atoms with Crippen LogP contribution >= 0.6 is 0 Å². The first-order valence-electron chi connectivity index (χ1n) is 30.0. The van der Waals surface area contributed by atoms with Crippen LogP contribution in [0.2, 0.25) is 0 Å². The first-order chi connectivity index (χ1) is 37.0. The van der Waals surface area contributed by atoms with E-state index in [-0.39, 0.29) is 38.6 Å². The molecule has 0 saturated heterocycles. The van der Waals surface area contributed by atoms with Crippen molar-refractivity contribution in [1.82, 2.24) is 0 Å². The summed E-state index contributed by atoms with van der Waals surface area (Å²) in [7, 11) is 0. The standard InChI is InChI=1S/C66H100O9/c1-4-7-10-13-16-19-22-25-28-31-47-69-60-40-34-56(35-41-60)53-73-63-51-59(66(68)72-50-46-67)52-64(74-54-57-36-42-61(43-37-57)70-48-32-29-26-23-20-17-14-11-8-5-2)65(63)75-55-58-38-44-62(45-39-58)71-49-33-30-27-24-21-18-15-12-9-6-3/h34-45,51-52,67H,4-33,46-50,53-55H2,1-3H3. The Morgan fingerprint density at radius 1 is 0.347 bits per heavy atom. The van der Waals surface area contributed by atoms with E-state index in [2.05, 4.69) is 20.8 Å². The van der Waals surface area contributed by atoms with Gasteiger partial charge >= 0.3 is 5.97 Å². The van der Waals surface area contributed by atoms with Gasteiger partial charge in [0.2, 0.25) is 5.75 Å². The third kappa shape index (κ3) is 29.3. The fourth-order valence-electron chi connectivity index (χ4n) is 9.13. The van der Waals surface area contributed by atoms with Crippen LogP contribution in [0.3, 0.4) is 0 Å². The van der Waals surface area contributed by atoms with E-state index in [0.29, 0.717) is 37.1 Å². The van der Waals surface area contributed by atoms with Gasteiger partial charge in [0, 0.05) is 0 Å². The SMILES string of the molecule is CCCCCCCCCCCCOc1ccc(COc2cc(C(=O)OCCO)cc(OCc3ccc(OCCCCCCCCCCCC)cc3)c2OCc2ccc(OCCCCCCCCCCCC)cc2)cc1. The van der Waals surface area contributed by atoms with Gasteiger partial charge in [-0.3, -0.25) is 0 Å². The van der Waals surface area contributed by atoms with Crippen LogP contribution in [0.15, 0.2) is 84.9 Å². The number of benzene rings is 4. The zero-order valence-electron chi connectivity index (χ0n) is 47.2. The van der Waals surface area contributed by atoms with E-state index in [4.69, 9.17) is 33.2 Å². The molecule has 0 fully saturated rings. The first kappa shape index (κ1) is 62.6. The number of hydrogen-bond donors (Lipinski definition) is 1. The summed E-state index contributed by atoms with van der Waals surface area (Å²) in [5.41, 5.74) is 3.00. The Bertz CT molecular complexity index is 1890. The monoisotopic (exact) mass is 1040 g/mol. The molecule has 1 N–H and O–H groups in total. The molecule has 0 aliphatic heterocycles. The fraction of sp³-hybridized carbons (Fsp3) is 0.621. The van der Waals surface area contributed by atoms with Gasteiger partial charge in [-0.1, -0.05) is 231 Å². The van der Waals surface area contributed by atoms with Crippen molar-refractivity contribution in [2.75, 3.05) is 33.0 Å². The molecule has 4 aromatic rings. The Morgan fingerprint density at radius 3 is 0.920 bits per heavy atom. The lowest BCUT2D eigenvalue weighted by molar-refractivity contribution is 0.0432. The van der Waals surface area contributed by atoms with Gasteiger partial charge in [0.25, 0.3) is 0 Å². The van der Waals surface area contributed by atoms with E-state index in [1.807, 2.05) is 72.8 Å². The largest absolute Gasteiger partial charge is 0.494 e. The summed E-state index contributed by atoms with van der Waals surface area (Å²) < 4.78 is 43.3. The highest BCUT2D eigenvalue weighted by molar-refractivity contribution is 5.91. The van der Waals surface area contributed by atoms with Gasteiger partial charge < -0.3 is 38.3 Å². The van der Waals surface area contributed by atoms with Crippen molar-refractivity contribution in [3.8, 4) is 34.5 Å². The topological polar surface area (TPSA) is 102 Å². The van der Waals surface area contributed by atoms with Crippen LogP contribution in [0.1, 0.15) is 240 Å². The van der Waals surface area contributed by atoms with E-state index < -0.39 is 5.97 Å². The highest BCUT2D eigenvalue weighted by Gasteiger charge is 2.21. The van der Waals surface area contributed by atoms with Crippen LogP contribution in [0.25, 0.3) is 0 Å². The van der Waals surface area contributed by atoms with Crippen LogP contribution in [0.5, 0.6) is 34.5 Å². The Labute approximate surface area is 455 Å². The van der Waals surface area contributed by atoms with Crippen molar-refractivity contribution in [3.05, 3.63) is 107 Å². The minimum atomic E-state index is -0.605. The van der Waals surface area contributed by atoms with Gasteiger partial charge in [0.1, 0.15) is 43.7 Å². The van der Waals surface area contributed by atoms with E-state index in [0.717, 1.165) is 53.2 Å². The van der Waals surface area contributed by atoms with Crippen molar-refractivity contribution in [3.63, 3.8) is 0 Å². The summed E-state index contributed by atoms with van der Waals surface area (Å²) in [6, 6.07) is 27.1. The van der Waals surface area contributed by atoms with Crippen LogP contribution in [-0.2, 0) is 24.6 Å². The minimum absolute atomic E-state index is 0.135. The second kappa shape index (κ2) is 42.2. The molecule has 75 heavy (non-hydrogen) atoms. The molecule has 0 atom stereocenters. The molecule has 0 aromatic heterocycles. The molecule has 418 valence electrons. The van der Waals surface area contributed by atoms with Gasteiger partial charge in [0.15, 0.2) is 11.5 Å². The molecule has 0 bridgehead atoms. The number of carbonyl (C=O) groups excluding carboxylic acids is 1. The summed E-state index contributed by atoms with van der Waals surface area (Å²) in [5, 5.41) is 9.47. The minimum Gasteiger partial charge on any atom is -0.494 e. The number of aliphatic hydroxyl groups is 1. The van der Waals surface area contributed by atoms with Crippen LogP contribution in [0, 0.1) is 0 Å². The summed E-state index contributed by atoms with van der Waals surface area (Å²) in [4.78, 5) is 13.4. The number of aliphatic hydroxyl groups excluding tert-OH is 1. The normalized spacial score (nSPS) is 11.1. The molecular formula is C66H100O9. The highest BCUT2D eigenvalue weighted by atomic mass is 16.5. The number of esters is 1. The number of hydrogen-bond acceptors (Lipinski definition) is 9. The molecule has 0 amide bonds. The molecule has 0 unspecified atom stereocenters. The Hall–Kier alpha value is -4.89. The van der Waals surface area contributed by atoms with Crippen LogP contribution < -0.4 is 28.4 Å². The van der Waals surface area contributed by atoms with E-state index in [9.17, 15) is 9.90 Å². The van der Waals surface area contributed by atoms with Crippen molar-refractivity contribution in [2.24, 2.45) is 0 Å². The summed E-state index contributed by atoms with van der Waals surface area (Å²) in [5.74, 6) is 2.90. The molecule has 0 aliphatic rings. The van der Waals surface area contributed by atoms with Gasteiger partial charge in [-0.05, 0) is 84.5 Å². The van der Waals surface area contributed by atoms with Crippen molar-refractivity contribution >= 4 is 5.97 Å². The lowest BCUT2D eigenvalue weighted by Gasteiger charge is -2.19. The molecule has 9 nitrogen and oxygen atoms in total. The number of unbranched alkanes of at least 4 members (excludes halogenated alkanes) is 27. The van der Waals surface area contributed by atoms with Crippen molar-refractivity contribution < 1.29 is 43.1 Å². The molecule has 0 heterocycles. The second-order valence-electron chi connectivity index (χ2n) is 20.6. The third-order valence-electron chi connectivity index (χ3n) is 13.8. The molecule has 0 spiro atoms. The van der Waals surface area contributed by atoms with E-state index >= 15 is 0 Å². The van der Waals surface area contributed by atoms with Gasteiger partial charge in [-0.15, -0.1) is 0 Å². The predicted molar refractivity (Wildman–Crippen MR) is 308 cm³/mol. The van der Waals surface area contributed by atoms with Crippen LogP contribution in [0.4, 0.5) is 0 Å². The maximum absolute atomic E-state index is 13.4. The zero-order valence-corrected chi connectivity index (χ0v) is 47.2. The Morgan fingerprint density at radius 2 is 0.627 bits per heavy atom. The number of ether oxygens (including phenoxy) is 7. The predicted octanol–water partition coefficient (Wildman–Crippen LogP) is 18.5. The first-order valence-corrected chi connectivity index (χ1v) is 30.0. The fourth-order valence-corrected chi connectivity index (χ4v) is 9.13. The Kier molecular flexibility index (Phi) is 35.3. The third-order valence-corrected chi connectivity index (χ3v) is 13.8. The van der Waals surface area contributed by atoms with Crippen molar-refractivity contribution in [1.29, 1.82) is 0 Å². The van der Waals surface area contributed by atoms with E-state index in [1.54, 1.807) is 12.1 Å². The molecule has 4 rings (SSSR count). The van der Waals surface area contributed by atoms with Gasteiger partial charge in [-0.25, -0.2) is 4.79 Å². The molecule has 0 aliphatic carbocycles. The lowest BCUT2D eigenvalue weighted by Crippen LogP contribution is -2.11. The molecular weight excluding hydrogens is 937 g/mol. The molecule has 0 radical (unpaired) electrons. The van der Waals surface area contributed by atoms with Gasteiger partial charge in [-0.2, -0.15) is 0 Å². The second-order valence-corrected chi connectivity index (χ2v) is 20.6. The van der Waals surface area contributed by atoms with Crippen LogP contribution in [-0.4, -0.2) is 44.1 Å². The summed E-state index contributed by atoms with van der Waals surface area (Å²) >= 11 is 0. The molecule has 0 saturated carbocycles. The molecule has 4 aromatic carbocycles. The van der Waals surface area contributed by atoms with Crippen molar-refractivity contribution in [2.45, 2.75) is 233 Å².